The average Bonchev–Trinajstić information content (AvgIpc) is 3.12. The Balaban J connectivity index is 1.44. The smallest absolute Gasteiger partial charge is 0.423 e. The van der Waals surface area contributed by atoms with Crippen molar-refractivity contribution in [2.45, 2.75) is 56.7 Å². The van der Waals surface area contributed by atoms with Crippen LogP contribution in [0.25, 0.3) is 0 Å². The summed E-state index contributed by atoms with van der Waals surface area (Å²) in [7, 11) is 0. The third kappa shape index (κ3) is 5.29. The molecule has 1 saturated carbocycles. The summed E-state index contributed by atoms with van der Waals surface area (Å²) < 4.78 is 80.2. The minimum Gasteiger partial charge on any atom is -0.469 e. The van der Waals surface area contributed by atoms with Gasteiger partial charge >= 0.3 is 18.8 Å². The molecule has 1 aliphatic carbocycles. The summed E-state index contributed by atoms with van der Waals surface area (Å²) >= 11 is 0. The fourth-order valence-electron chi connectivity index (χ4n) is 3.45. The minimum atomic E-state index is -4.65. The van der Waals surface area contributed by atoms with Gasteiger partial charge in [0.25, 0.3) is 0 Å². The third-order valence-corrected chi connectivity index (χ3v) is 4.98. The molecule has 4 rings (SSSR count). The van der Waals surface area contributed by atoms with Crippen molar-refractivity contribution in [3.05, 3.63) is 18.1 Å². The molecule has 2 aromatic heterocycles. The van der Waals surface area contributed by atoms with Gasteiger partial charge in [0.15, 0.2) is 0 Å². The standard InChI is InChI=1S/C17H19F5N6O3/c18-14(19)31-16-24-8-28(27-16)10-3-1-2-9(4-10)25-15-23-5-12(17(20,21)22)13(26-15)30-11-6-29-7-11/h5,8-11,14H,1-4,6-7H2,(H,23,25,26)/t9-,10-/m0/s1. The van der Waals surface area contributed by atoms with Gasteiger partial charge < -0.3 is 19.5 Å². The maximum atomic E-state index is 13.2. The van der Waals surface area contributed by atoms with Crippen molar-refractivity contribution in [3.8, 4) is 11.9 Å². The maximum absolute atomic E-state index is 13.2. The number of alkyl halides is 5. The van der Waals surface area contributed by atoms with E-state index in [1.54, 1.807) is 0 Å². The predicted octanol–water partition coefficient (Wildman–Crippen LogP) is 3.06. The third-order valence-electron chi connectivity index (χ3n) is 4.98. The lowest BCUT2D eigenvalue weighted by Crippen LogP contribution is -2.39. The van der Waals surface area contributed by atoms with Crippen LogP contribution in [-0.4, -0.2) is 56.7 Å². The summed E-state index contributed by atoms with van der Waals surface area (Å²) in [6, 6.07) is -0.733. The molecule has 170 valence electrons. The highest BCUT2D eigenvalue weighted by atomic mass is 19.4. The van der Waals surface area contributed by atoms with Crippen LogP contribution >= 0.6 is 0 Å². The van der Waals surface area contributed by atoms with E-state index in [2.05, 4.69) is 30.1 Å². The SMILES string of the molecule is FC(F)Oc1ncn([C@H]2CCC[C@H](Nc3ncc(C(F)(F)F)c(OC4COC4)n3)C2)n1. The summed E-state index contributed by atoms with van der Waals surface area (Å²) in [5, 5.41) is 6.94. The number of ether oxygens (including phenoxy) is 3. The van der Waals surface area contributed by atoms with Gasteiger partial charge in [-0.15, -0.1) is 5.10 Å². The molecule has 1 aliphatic heterocycles. The van der Waals surface area contributed by atoms with E-state index >= 15 is 0 Å². The molecular weight excluding hydrogens is 431 g/mol. The van der Waals surface area contributed by atoms with E-state index < -0.39 is 36.3 Å². The highest BCUT2D eigenvalue weighted by molar-refractivity contribution is 5.36. The normalized spacial score (nSPS) is 22.3. The van der Waals surface area contributed by atoms with Crippen LogP contribution in [0.2, 0.25) is 0 Å². The van der Waals surface area contributed by atoms with Gasteiger partial charge in [-0.05, 0) is 25.7 Å². The van der Waals surface area contributed by atoms with Gasteiger partial charge in [0.1, 0.15) is 18.0 Å². The van der Waals surface area contributed by atoms with Crippen LogP contribution in [0.5, 0.6) is 11.9 Å². The Morgan fingerprint density at radius 2 is 2.00 bits per heavy atom. The van der Waals surface area contributed by atoms with Gasteiger partial charge in [-0.1, -0.05) is 0 Å². The Morgan fingerprint density at radius 3 is 2.68 bits per heavy atom. The fourth-order valence-corrected chi connectivity index (χ4v) is 3.45. The molecule has 3 heterocycles. The van der Waals surface area contributed by atoms with E-state index in [-0.39, 0.29) is 31.2 Å². The quantitative estimate of drug-likeness (QED) is 0.643. The van der Waals surface area contributed by atoms with Crippen LogP contribution in [-0.2, 0) is 10.9 Å². The zero-order valence-corrected chi connectivity index (χ0v) is 16.1. The van der Waals surface area contributed by atoms with Crippen molar-refractivity contribution >= 4 is 5.95 Å². The molecule has 1 saturated heterocycles. The maximum Gasteiger partial charge on any atom is 0.423 e. The minimum absolute atomic E-state index is 0.00852. The van der Waals surface area contributed by atoms with Gasteiger partial charge in [0.2, 0.25) is 11.8 Å². The van der Waals surface area contributed by atoms with E-state index in [1.807, 2.05) is 0 Å². The molecule has 14 heteroatoms. The van der Waals surface area contributed by atoms with Crippen molar-refractivity contribution in [1.29, 1.82) is 0 Å². The molecule has 2 fully saturated rings. The Hall–Kier alpha value is -2.77. The molecule has 2 aliphatic rings. The first-order chi connectivity index (χ1) is 14.8. The fraction of sp³-hybridized carbons (Fsp3) is 0.647. The van der Waals surface area contributed by atoms with Crippen LogP contribution < -0.4 is 14.8 Å². The average molecular weight is 450 g/mol. The van der Waals surface area contributed by atoms with E-state index in [0.717, 1.165) is 19.3 Å². The largest absolute Gasteiger partial charge is 0.469 e. The molecular formula is C17H19F5N6O3. The Labute approximate surface area is 172 Å². The number of nitrogens with one attached hydrogen (secondary N) is 1. The lowest BCUT2D eigenvalue weighted by Gasteiger charge is -2.30. The van der Waals surface area contributed by atoms with E-state index in [1.165, 1.54) is 11.0 Å². The zero-order chi connectivity index (χ0) is 22.0. The molecule has 0 bridgehead atoms. The molecule has 0 aromatic carbocycles. The second kappa shape index (κ2) is 8.77. The number of anilines is 1. The number of rotatable bonds is 7. The van der Waals surface area contributed by atoms with Crippen LogP contribution in [0, 0.1) is 0 Å². The Kier molecular flexibility index (Phi) is 6.07. The highest BCUT2D eigenvalue weighted by Gasteiger charge is 2.38. The summed E-state index contributed by atoms with van der Waals surface area (Å²) in [5.41, 5.74) is -1.05. The number of nitrogens with zero attached hydrogens (tertiary/aromatic N) is 5. The molecule has 0 unspecified atom stereocenters. The Bertz CT molecular complexity index is 891. The lowest BCUT2D eigenvalue weighted by molar-refractivity contribution is -0.142. The van der Waals surface area contributed by atoms with Gasteiger partial charge in [-0.25, -0.2) is 9.67 Å². The van der Waals surface area contributed by atoms with Crippen molar-refractivity contribution in [1.82, 2.24) is 24.7 Å². The number of aromatic nitrogens is 5. The number of hydrogen-bond acceptors (Lipinski definition) is 8. The summed E-state index contributed by atoms with van der Waals surface area (Å²) in [5.74, 6) is -0.537. The van der Waals surface area contributed by atoms with Gasteiger partial charge in [-0.3, -0.25) is 0 Å². The van der Waals surface area contributed by atoms with Gasteiger partial charge in [0, 0.05) is 12.2 Å². The summed E-state index contributed by atoms with van der Waals surface area (Å²) in [4.78, 5) is 11.4. The van der Waals surface area contributed by atoms with Crippen LogP contribution in [0.3, 0.4) is 0 Å². The predicted molar refractivity (Wildman–Crippen MR) is 93.8 cm³/mol. The highest BCUT2D eigenvalue weighted by Crippen LogP contribution is 2.36. The summed E-state index contributed by atoms with van der Waals surface area (Å²) in [6.45, 7) is -2.62. The van der Waals surface area contributed by atoms with Crippen molar-refractivity contribution in [2.75, 3.05) is 18.5 Å². The van der Waals surface area contributed by atoms with Crippen molar-refractivity contribution in [2.24, 2.45) is 0 Å². The van der Waals surface area contributed by atoms with Gasteiger partial charge in [-0.2, -0.15) is 31.9 Å². The summed E-state index contributed by atoms with van der Waals surface area (Å²) in [6.07, 6.45) is -0.380. The molecule has 0 spiro atoms. The molecule has 1 N–H and O–H groups in total. The van der Waals surface area contributed by atoms with E-state index in [0.29, 0.717) is 12.6 Å². The second-order valence-corrected chi connectivity index (χ2v) is 7.23. The first kappa shape index (κ1) is 21.5. The van der Waals surface area contributed by atoms with Crippen LogP contribution in [0.1, 0.15) is 37.3 Å². The zero-order valence-electron chi connectivity index (χ0n) is 16.1. The molecule has 9 nitrogen and oxygen atoms in total. The first-order valence-electron chi connectivity index (χ1n) is 9.59. The van der Waals surface area contributed by atoms with E-state index in [9.17, 15) is 22.0 Å². The topological polar surface area (TPSA) is 96.2 Å². The molecule has 2 atom stereocenters. The van der Waals surface area contributed by atoms with Crippen molar-refractivity contribution < 1.29 is 36.2 Å². The molecule has 2 aromatic rings. The van der Waals surface area contributed by atoms with Gasteiger partial charge in [0.05, 0.1) is 19.3 Å². The lowest BCUT2D eigenvalue weighted by atomic mass is 9.91. The first-order valence-corrected chi connectivity index (χ1v) is 9.59. The van der Waals surface area contributed by atoms with Crippen LogP contribution in [0.15, 0.2) is 12.5 Å². The number of halogens is 5. The number of hydrogen-bond donors (Lipinski definition) is 1. The second-order valence-electron chi connectivity index (χ2n) is 7.23. The molecule has 0 radical (unpaired) electrons. The Morgan fingerprint density at radius 1 is 1.19 bits per heavy atom. The monoisotopic (exact) mass is 450 g/mol. The molecule has 31 heavy (non-hydrogen) atoms. The van der Waals surface area contributed by atoms with Crippen molar-refractivity contribution in [3.63, 3.8) is 0 Å². The molecule has 0 amide bonds. The van der Waals surface area contributed by atoms with Crippen LogP contribution in [0.4, 0.5) is 27.9 Å². The van der Waals surface area contributed by atoms with E-state index in [4.69, 9.17) is 9.47 Å².